The second kappa shape index (κ2) is 5.27. The molecular formula is C11H11N5O3. The number of nitro groups is 1. The van der Waals surface area contributed by atoms with Gasteiger partial charge in [0, 0.05) is 0 Å². The zero-order valence-corrected chi connectivity index (χ0v) is 10.0. The number of nitrogens with two attached hydrogens (primary N) is 1. The molecule has 0 unspecified atom stereocenters. The van der Waals surface area contributed by atoms with E-state index in [0.29, 0.717) is 5.75 Å². The minimum atomic E-state index is -0.617. The maximum atomic E-state index is 10.9. The number of anilines is 1. The molecule has 0 saturated heterocycles. The fraction of sp³-hybridized carbons (Fsp3) is 0.0909. The quantitative estimate of drug-likeness (QED) is 0.489. The molecule has 98 valence electrons. The molecular weight excluding hydrogens is 250 g/mol. The molecule has 3 N–H and O–H groups in total. The van der Waals surface area contributed by atoms with Crippen LogP contribution in [0.3, 0.4) is 0 Å². The topological polar surface area (TPSA) is 116 Å². The van der Waals surface area contributed by atoms with Crippen molar-refractivity contribution in [1.82, 2.24) is 9.97 Å². The number of ether oxygens (including phenoxy) is 1. The molecule has 0 saturated carbocycles. The van der Waals surface area contributed by atoms with Gasteiger partial charge in [-0.3, -0.25) is 15.5 Å². The third kappa shape index (κ3) is 2.75. The van der Waals surface area contributed by atoms with E-state index in [4.69, 9.17) is 10.6 Å². The lowest BCUT2D eigenvalue weighted by Gasteiger charge is -2.08. The van der Waals surface area contributed by atoms with Crippen molar-refractivity contribution in [1.29, 1.82) is 0 Å². The van der Waals surface area contributed by atoms with Crippen molar-refractivity contribution in [2.24, 2.45) is 5.84 Å². The summed E-state index contributed by atoms with van der Waals surface area (Å²) in [6.07, 6.45) is 1.04. The molecule has 0 radical (unpaired) electrons. The highest BCUT2D eigenvalue weighted by Crippen LogP contribution is 2.30. The molecule has 0 amide bonds. The standard InChI is InChI=1S/C11H11N5O3/c1-7-4-2-3-5-9(7)19-10-8(16(17)18)6-13-11(14-10)15-12/h2-6H,12H2,1H3,(H,13,14,15). The van der Waals surface area contributed by atoms with Gasteiger partial charge >= 0.3 is 11.6 Å². The first kappa shape index (κ1) is 12.7. The van der Waals surface area contributed by atoms with E-state index in [1.54, 1.807) is 12.1 Å². The molecule has 0 aliphatic carbocycles. The number of nitrogens with zero attached hydrogens (tertiary/aromatic N) is 3. The monoisotopic (exact) mass is 261 g/mol. The predicted octanol–water partition coefficient (Wildman–Crippen LogP) is 1.77. The molecule has 0 bridgehead atoms. The average Bonchev–Trinajstić information content (AvgIpc) is 2.41. The van der Waals surface area contributed by atoms with Gasteiger partial charge in [0.2, 0.25) is 5.95 Å². The Morgan fingerprint density at radius 3 is 2.79 bits per heavy atom. The molecule has 1 aromatic heterocycles. The van der Waals surface area contributed by atoms with E-state index in [1.807, 2.05) is 19.1 Å². The largest absolute Gasteiger partial charge is 0.433 e. The van der Waals surface area contributed by atoms with E-state index in [1.165, 1.54) is 0 Å². The normalized spacial score (nSPS) is 10.0. The first-order valence-electron chi connectivity index (χ1n) is 5.33. The Hall–Kier alpha value is -2.74. The third-order valence-electron chi connectivity index (χ3n) is 2.36. The molecule has 1 aromatic carbocycles. The minimum Gasteiger partial charge on any atom is -0.433 e. The van der Waals surface area contributed by atoms with Gasteiger partial charge in [-0.2, -0.15) is 4.98 Å². The number of benzene rings is 1. The molecule has 2 rings (SSSR count). The lowest BCUT2D eigenvalue weighted by atomic mass is 10.2. The summed E-state index contributed by atoms with van der Waals surface area (Å²) >= 11 is 0. The number of hydrogen-bond acceptors (Lipinski definition) is 7. The van der Waals surface area contributed by atoms with E-state index >= 15 is 0 Å². The molecule has 1 heterocycles. The van der Waals surface area contributed by atoms with Crippen LogP contribution >= 0.6 is 0 Å². The van der Waals surface area contributed by atoms with E-state index in [2.05, 4.69) is 15.4 Å². The fourth-order valence-electron chi connectivity index (χ4n) is 1.40. The highest BCUT2D eigenvalue weighted by molar-refractivity contribution is 5.46. The molecule has 0 atom stereocenters. The maximum absolute atomic E-state index is 10.9. The number of rotatable bonds is 4. The Morgan fingerprint density at radius 1 is 1.42 bits per heavy atom. The van der Waals surface area contributed by atoms with Crippen LogP contribution < -0.4 is 16.0 Å². The third-order valence-corrected chi connectivity index (χ3v) is 2.36. The average molecular weight is 261 g/mol. The van der Waals surface area contributed by atoms with Gasteiger partial charge in [0.15, 0.2) is 0 Å². The smallest absolute Gasteiger partial charge is 0.349 e. The van der Waals surface area contributed by atoms with Crippen molar-refractivity contribution in [2.75, 3.05) is 5.43 Å². The summed E-state index contributed by atoms with van der Waals surface area (Å²) in [5, 5.41) is 10.9. The van der Waals surface area contributed by atoms with Gasteiger partial charge in [0.05, 0.1) is 4.92 Å². The van der Waals surface area contributed by atoms with Gasteiger partial charge in [-0.25, -0.2) is 10.8 Å². The molecule has 0 aliphatic rings. The molecule has 2 aromatic rings. The van der Waals surface area contributed by atoms with Crippen LogP contribution in [0.4, 0.5) is 11.6 Å². The molecule has 8 nitrogen and oxygen atoms in total. The summed E-state index contributed by atoms with van der Waals surface area (Å²) in [6, 6.07) is 7.11. The van der Waals surface area contributed by atoms with E-state index in [-0.39, 0.29) is 17.5 Å². The summed E-state index contributed by atoms with van der Waals surface area (Å²) in [6.45, 7) is 1.82. The fourth-order valence-corrected chi connectivity index (χ4v) is 1.40. The Bertz CT molecular complexity index is 617. The van der Waals surface area contributed by atoms with Crippen molar-refractivity contribution in [3.63, 3.8) is 0 Å². The van der Waals surface area contributed by atoms with Crippen molar-refractivity contribution in [2.45, 2.75) is 6.92 Å². The second-order valence-corrected chi connectivity index (χ2v) is 3.65. The van der Waals surface area contributed by atoms with Crippen molar-refractivity contribution in [3.8, 4) is 11.6 Å². The van der Waals surface area contributed by atoms with Crippen LogP contribution in [-0.4, -0.2) is 14.9 Å². The first-order chi connectivity index (χ1) is 9.11. The number of aromatic nitrogens is 2. The zero-order chi connectivity index (χ0) is 13.8. The summed E-state index contributed by atoms with van der Waals surface area (Å²) in [5.74, 6) is 5.52. The summed E-state index contributed by atoms with van der Waals surface area (Å²) in [7, 11) is 0. The summed E-state index contributed by atoms with van der Waals surface area (Å²) in [5.41, 5.74) is 2.71. The SMILES string of the molecule is Cc1ccccc1Oc1nc(NN)ncc1[N+](=O)[O-]. The van der Waals surface area contributed by atoms with Crippen LogP contribution in [0.1, 0.15) is 5.56 Å². The van der Waals surface area contributed by atoms with Crippen LogP contribution in [0.25, 0.3) is 0 Å². The van der Waals surface area contributed by atoms with Gasteiger partial charge in [-0.1, -0.05) is 18.2 Å². The van der Waals surface area contributed by atoms with Gasteiger partial charge in [-0.05, 0) is 18.6 Å². The number of aryl methyl sites for hydroxylation is 1. The highest BCUT2D eigenvalue weighted by atomic mass is 16.6. The molecule has 0 spiro atoms. The lowest BCUT2D eigenvalue weighted by molar-refractivity contribution is -0.386. The Labute approximate surface area is 108 Å². The molecule has 0 aliphatic heterocycles. The Kier molecular flexibility index (Phi) is 3.53. The van der Waals surface area contributed by atoms with E-state index in [0.717, 1.165) is 11.8 Å². The maximum Gasteiger partial charge on any atom is 0.349 e. The van der Waals surface area contributed by atoms with Gasteiger partial charge in [0.25, 0.3) is 0 Å². The van der Waals surface area contributed by atoms with E-state index in [9.17, 15) is 10.1 Å². The predicted molar refractivity (Wildman–Crippen MR) is 67.7 cm³/mol. The minimum absolute atomic E-state index is 0.0363. The number of hydrogen-bond donors (Lipinski definition) is 2. The Morgan fingerprint density at radius 2 is 2.16 bits per heavy atom. The van der Waals surface area contributed by atoms with Crippen LogP contribution in [-0.2, 0) is 0 Å². The van der Waals surface area contributed by atoms with Crippen LogP contribution in [0, 0.1) is 17.0 Å². The van der Waals surface area contributed by atoms with Crippen molar-refractivity contribution in [3.05, 3.63) is 46.1 Å². The van der Waals surface area contributed by atoms with Crippen molar-refractivity contribution >= 4 is 11.6 Å². The molecule has 8 heteroatoms. The van der Waals surface area contributed by atoms with Crippen LogP contribution in [0.15, 0.2) is 30.5 Å². The number of nitrogens with one attached hydrogen (secondary N) is 1. The summed E-state index contributed by atoms with van der Waals surface area (Å²) in [4.78, 5) is 17.8. The highest BCUT2D eigenvalue weighted by Gasteiger charge is 2.20. The zero-order valence-electron chi connectivity index (χ0n) is 10.0. The van der Waals surface area contributed by atoms with Gasteiger partial charge in [0.1, 0.15) is 11.9 Å². The van der Waals surface area contributed by atoms with E-state index < -0.39 is 4.92 Å². The number of nitrogen functional groups attached to an aromatic ring is 1. The van der Waals surface area contributed by atoms with Crippen molar-refractivity contribution < 1.29 is 9.66 Å². The number of para-hydroxylation sites is 1. The summed E-state index contributed by atoms with van der Waals surface area (Å²) < 4.78 is 5.46. The van der Waals surface area contributed by atoms with Gasteiger partial charge in [-0.15, -0.1) is 0 Å². The lowest BCUT2D eigenvalue weighted by Crippen LogP contribution is -2.11. The second-order valence-electron chi connectivity index (χ2n) is 3.65. The molecule has 0 fully saturated rings. The van der Waals surface area contributed by atoms with Crippen LogP contribution in [0.5, 0.6) is 11.6 Å². The number of hydrazine groups is 1. The molecule has 19 heavy (non-hydrogen) atoms. The Balaban J connectivity index is 2.43. The van der Waals surface area contributed by atoms with Gasteiger partial charge < -0.3 is 4.74 Å². The van der Waals surface area contributed by atoms with Crippen LogP contribution in [0.2, 0.25) is 0 Å². The first-order valence-corrected chi connectivity index (χ1v) is 5.33.